The lowest BCUT2D eigenvalue weighted by Crippen LogP contribution is -2.17. The number of aromatic nitrogens is 8. The first kappa shape index (κ1) is 23.8. The Morgan fingerprint density at radius 2 is 1.87 bits per heavy atom. The van der Waals surface area contributed by atoms with Gasteiger partial charge in [0, 0.05) is 24.7 Å². The molecule has 1 fully saturated rings. The zero-order chi connectivity index (χ0) is 26.6. The lowest BCUT2D eigenvalue weighted by atomic mass is 10.1. The molecule has 0 atom stereocenters. The van der Waals surface area contributed by atoms with E-state index in [1.54, 1.807) is 30.5 Å². The molecule has 0 radical (unpaired) electrons. The molecule has 0 saturated heterocycles. The Balaban J connectivity index is 1.35. The summed E-state index contributed by atoms with van der Waals surface area (Å²) in [5, 5.41) is 0. The topological polar surface area (TPSA) is 116 Å². The number of halogens is 3. The number of aryl methyl sites for hydroxylation is 1. The molecule has 1 aromatic carbocycles. The van der Waals surface area contributed by atoms with Gasteiger partial charge in [0.25, 0.3) is 0 Å². The first-order chi connectivity index (χ1) is 18.2. The van der Waals surface area contributed by atoms with Gasteiger partial charge in [0.15, 0.2) is 17.2 Å². The molecule has 1 aliphatic rings. The molecule has 4 aromatic heterocycles. The number of benzene rings is 1. The maximum atomic E-state index is 13.0. The molecule has 4 heterocycles. The van der Waals surface area contributed by atoms with E-state index in [0.29, 0.717) is 39.9 Å². The van der Waals surface area contributed by atoms with Crippen LogP contribution in [0.5, 0.6) is 5.88 Å². The van der Waals surface area contributed by atoms with Gasteiger partial charge >= 0.3 is 11.9 Å². The zero-order valence-electron chi connectivity index (χ0n) is 20.3. The van der Waals surface area contributed by atoms with Crippen LogP contribution in [0, 0.1) is 0 Å². The maximum Gasteiger partial charge on any atom is 0.434 e. The van der Waals surface area contributed by atoms with E-state index in [0.717, 1.165) is 30.3 Å². The summed E-state index contributed by atoms with van der Waals surface area (Å²) in [5.41, 5.74) is 2.24. The monoisotopic (exact) mass is 522 g/mol. The number of H-pyrrole nitrogens is 1. The van der Waals surface area contributed by atoms with Crippen LogP contribution < -0.4 is 10.4 Å². The van der Waals surface area contributed by atoms with Crippen LogP contribution >= 0.6 is 0 Å². The number of rotatable bonds is 6. The number of hydrogen-bond donors (Lipinski definition) is 1. The Labute approximate surface area is 213 Å². The molecule has 0 aliphatic heterocycles. The van der Waals surface area contributed by atoms with Crippen LogP contribution in [0.3, 0.4) is 0 Å². The SMILES string of the molecule is COc1ncnc(C2CC2)c1-c1ncc2[nH]c(=O)n(Cc3ccc(-c4nc(C(F)(F)F)cn4C)cc3)c2n1. The van der Waals surface area contributed by atoms with Crippen molar-refractivity contribution < 1.29 is 17.9 Å². The highest BCUT2D eigenvalue weighted by Gasteiger charge is 2.34. The van der Waals surface area contributed by atoms with E-state index < -0.39 is 11.9 Å². The van der Waals surface area contributed by atoms with Crippen molar-refractivity contribution in [2.45, 2.75) is 31.5 Å². The largest absolute Gasteiger partial charge is 0.480 e. The summed E-state index contributed by atoms with van der Waals surface area (Å²) < 4.78 is 47.4. The van der Waals surface area contributed by atoms with Gasteiger partial charge in [0.05, 0.1) is 25.5 Å². The number of ether oxygens (including phenoxy) is 1. The molecule has 10 nitrogen and oxygen atoms in total. The predicted molar refractivity (Wildman–Crippen MR) is 130 cm³/mol. The third-order valence-corrected chi connectivity index (χ3v) is 6.45. The smallest absolute Gasteiger partial charge is 0.434 e. The fourth-order valence-corrected chi connectivity index (χ4v) is 4.44. The minimum atomic E-state index is -4.53. The molecule has 1 aliphatic carbocycles. The van der Waals surface area contributed by atoms with Crippen LogP contribution in [0.4, 0.5) is 13.2 Å². The van der Waals surface area contributed by atoms with Crippen LogP contribution in [0.15, 0.2) is 47.8 Å². The summed E-state index contributed by atoms with van der Waals surface area (Å²) in [7, 11) is 3.03. The lowest BCUT2D eigenvalue weighted by molar-refractivity contribution is -0.140. The van der Waals surface area contributed by atoms with Crippen molar-refractivity contribution in [2.75, 3.05) is 7.11 Å². The molecular formula is C25H21F3N8O2. The second-order valence-electron chi connectivity index (χ2n) is 9.12. The summed E-state index contributed by atoms with van der Waals surface area (Å²) in [6.07, 6.45) is 1.45. The van der Waals surface area contributed by atoms with Crippen LogP contribution in [0.25, 0.3) is 33.9 Å². The predicted octanol–water partition coefficient (Wildman–Crippen LogP) is 3.93. The van der Waals surface area contributed by atoms with E-state index in [1.165, 1.54) is 29.6 Å². The Morgan fingerprint density at radius 3 is 2.53 bits per heavy atom. The van der Waals surface area contributed by atoms with Gasteiger partial charge in [-0.1, -0.05) is 24.3 Å². The summed E-state index contributed by atoms with van der Waals surface area (Å²) in [6.45, 7) is 0.182. The third-order valence-electron chi connectivity index (χ3n) is 6.45. The summed E-state index contributed by atoms with van der Waals surface area (Å²) in [6, 6.07) is 6.83. The van der Waals surface area contributed by atoms with Gasteiger partial charge in [-0.15, -0.1) is 0 Å². The highest BCUT2D eigenvalue weighted by molar-refractivity contribution is 5.75. The summed E-state index contributed by atoms with van der Waals surface area (Å²) in [4.78, 5) is 37.1. The zero-order valence-corrected chi connectivity index (χ0v) is 20.3. The van der Waals surface area contributed by atoms with E-state index in [9.17, 15) is 18.0 Å². The molecule has 13 heteroatoms. The fraction of sp³-hybridized carbons (Fsp3) is 0.280. The second kappa shape index (κ2) is 8.78. The molecule has 0 spiro atoms. The molecule has 5 aromatic rings. The molecule has 194 valence electrons. The number of fused-ring (bicyclic) bond motifs is 1. The highest BCUT2D eigenvalue weighted by Crippen LogP contribution is 2.44. The molecule has 0 amide bonds. The average Bonchev–Trinajstić information content (AvgIpc) is 3.60. The van der Waals surface area contributed by atoms with Gasteiger partial charge in [-0.2, -0.15) is 13.2 Å². The van der Waals surface area contributed by atoms with E-state index in [4.69, 9.17) is 4.74 Å². The van der Waals surface area contributed by atoms with Crippen molar-refractivity contribution in [3.8, 4) is 28.7 Å². The van der Waals surface area contributed by atoms with E-state index >= 15 is 0 Å². The van der Waals surface area contributed by atoms with Crippen LogP contribution in [0.1, 0.15) is 35.7 Å². The lowest BCUT2D eigenvalue weighted by Gasteiger charge is -2.11. The number of hydrogen-bond acceptors (Lipinski definition) is 7. The minimum Gasteiger partial charge on any atom is -0.480 e. The molecule has 38 heavy (non-hydrogen) atoms. The van der Waals surface area contributed by atoms with Gasteiger partial charge in [0.1, 0.15) is 23.2 Å². The molecule has 1 saturated carbocycles. The van der Waals surface area contributed by atoms with E-state index in [-0.39, 0.29) is 18.1 Å². The van der Waals surface area contributed by atoms with E-state index in [2.05, 4.69) is 29.9 Å². The quantitative estimate of drug-likeness (QED) is 0.359. The van der Waals surface area contributed by atoms with Gasteiger partial charge in [-0.05, 0) is 18.4 Å². The third kappa shape index (κ3) is 4.19. The van der Waals surface area contributed by atoms with Crippen LogP contribution in [-0.2, 0) is 19.8 Å². The van der Waals surface area contributed by atoms with Crippen LogP contribution in [-0.4, -0.2) is 46.1 Å². The van der Waals surface area contributed by atoms with Gasteiger partial charge in [-0.3, -0.25) is 4.57 Å². The Morgan fingerprint density at radius 1 is 1.11 bits per heavy atom. The first-order valence-electron chi connectivity index (χ1n) is 11.8. The second-order valence-corrected chi connectivity index (χ2v) is 9.12. The fourth-order valence-electron chi connectivity index (χ4n) is 4.44. The van der Waals surface area contributed by atoms with Crippen molar-refractivity contribution >= 4 is 11.2 Å². The molecule has 1 N–H and O–H groups in total. The maximum absolute atomic E-state index is 13.0. The number of aromatic amines is 1. The molecule has 6 rings (SSSR count). The Kier molecular flexibility index (Phi) is 5.51. The Hall–Kier alpha value is -4.55. The average molecular weight is 522 g/mol. The normalized spacial score (nSPS) is 13.8. The van der Waals surface area contributed by atoms with Gasteiger partial charge in [-0.25, -0.2) is 29.7 Å². The number of methoxy groups -OCH3 is 1. The van der Waals surface area contributed by atoms with Gasteiger partial charge < -0.3 is 14.3 Å². The van der Waals surface area contributed by atoms with Crippen molar-refractivity contribution in [1.82, 2.24) is 39.0 Å². The van der Waals surface area contributed by atoms with Crippen molar-refractivity contribution in [3.63, 3.8) is 0 Å². The minimum absolute atomic E-state index is 0.182. The standard InChI is InChI=1S/C25H21F3N8O2/c1-35-11-17(25(26,27)28)33-21(35)15-5-3-13(4-6-15)10-36-22-16(32-24(36)37)9-29-20(34-22)18-19(14-7-8-14)30-12-31-23(18)38-2/h3-6,9,11-12,14H,7-8,10H2,1-2H3,(H,32,37). The highest BCUT2D eigenvalue weighted by atomic mass is 19.4. The number of alkyl halides is 3. The first-order valence-corrected chi connectivity index (χ1v) is 11.8. The van der Waals surface area contributed by atoms with Crippen molar-refractivity contribution in [2.24, 2.45) is 7.05 Å². The van der Waals surface area contributed by atoms with Crippen molar-refractivity contribution in [1.29, 1.82) is 0 Å². The van der Waals surface area contributed by atoms with E-state index in [1.807, 2.05) is 0 Å². The van der Waals surface area contributed by atoms with Crippen LogP contribution in [0.2, 0.25) is 0 Å². The molecular weight excluding hydrogens is 501 g/mol. The number of nitrogens with one attached hydrogen (secondary N) is 1. The number of nitrogens with zero attached hydrogens (tertiary/aromatic N) is 7. The van der Waals surface area contributed by atoms with Crippen molar-refractivity contribution in [3.05, 3.63) is 70.4 Å². The van der Waals surface area contributed by atoms with Gasteiger partial charge in [0.2, 0.25) is 5.88 Å². The molecule has 0 unspecified atom stereocenters. The Bertz CT molecular complexity index is 1720. The number of imidazole rings is 2. The summed E-state index contributed by atoms with van der Waals surface area (Å²) >= 11 is 0. The molecule has 0 bridgehead atoms. The summed E-state index contributed by atoms with van der Waals surface area (Å²) in [5.74, 6) is 1.20.